The zero-order chi connectivity index (χ0) is 18.4. The van der Waals surface area contributed by atoms with E-state index >= 15 is 0 Å². The first-order valence-corrected chi connectivity index (χ1v) is 9.18. The fourth-order valence-corrected chi connectivity index (χ4v) is 3.25. The molecule has 2 fully saturated rings. The third-order valence-corrected chi connectivity index (χ3v) is 4.66. The zero-order valence-electron chi connectivity index (χ0n) is 15.5. The molecule has 0 spiro atoms. The van der Waals surface area contributed by atoms with Gasteiger partial charge in [0.15, 0.2) is 0 Å². The minimum absolute atomic E-state index is 0.0303. The number of ether oxygens (including phenoxy) is 1. The van der Waals surface area contributed by atoms with Crippen LogP contribution in [-0.2, 0) is 9.53 Å². The fraction of sp³-hybridized carbons (Fsp3) is 0.824. The molecule has 0 radical (unpaired) electrons. The lowest BCUT2D eigenvalue weighted by Gasteiger charge is -2.38. The predicted molar refractivity (Wildman–Crippen MR) is 93.1 cm³/mol. The second-order valence-electron chi connectivity index (χ2n) is 6.88. The summed E-state index contributed by atoms with van der Waals surface area (Å²) in [7, 11) is 0. The van der Waals surface area contributed by atoms with Crippen LogP contribution in [0.25, 0.3) is 0 Å². The Morgan fingerprint density at radius 1 is 0.960 bits per heavy atom. The summed E-state index contributed by atoms with van der Waals surface area (Å²) in [5.74, 6) is 0.115. The van der Waals surface area contributed by atoms with Crippen molar-refractivity contribution in [3.63, 3.8) is 0 Å². The van der Waals surface area contributed by atoms with Crippen LogP contribution in [0.1, 0.15) is 33.6 Å². The third kappa shape index (κ3) is 5.24. The summed E-state index contributed by atoms with van der Waals surface area (Å²) in [6.45, 7) is 9.36. The van der Waals surface area contributed by atoms with Crippen molar-refractivity contribution in [3.05, 3.63) is 0 Å². The van der Waals surface area contributed by atoms with Crippen LogP contribution < -0.4 is 5.32 Å². The Labute approximate surface area is 149 Å². The van der Waals surface area contributed by atoms with E-state index < -0.39 is 0 Å². The number of nitrogens with zero attached hydrogens (tertiary/aromatic N) is 3. The summed E-state index contributed by atoms with van der Waals surface area (Å²) >= 11 is 0. The number of amides is 4. The average Bonchev–Trinajstić information content (AvgIpc) is 2.61. The van der Waals surface area contributed by atoms with Crippen molar-refractivity contribution in [2.75, 3.05) is 45.9 Å². The number of carbonyl (C=O) groups is 3. The lowest BCUT2D eigenvalue weighted by Crippen LogP contribution is -2.53. The van der Waals surface area contributed by atoms with Gasteiger partial charge in [0, 0.05) is 51.2 Å². The Morgan fingerprint density at radius 2 is 1.52 bits per heavy atom. The van der Waals surface area contributed by atoms with Crippen LogP contribution in [0, 0.1) is 5.92 Å². The van der Waals surface area contributed by atoms with Crippen LogP contribution in [0.5, 0.6) is 0 Å². The van der Waals surface area contributed by atoms with E-state index in [1.807, 2.05) is 18.7 Å². The number of nitrogens with one attached hydrogen (secondary N) is 1. The molecule has 0 aromatic carbocycles. The molecule has 142 valence electrons. The molecule has 2 saturated heterocycles. The molecule has 0 aliphatic carbocycles. The molecule has 0 bridgehead atoms. The molecule has 0 unspecified atom stereocenters. The lowest BCUT2D eigenvalue weighted by atomic mass is 9.95. The summed E-state index contributed by atoms with van der Waals surface area (Å²) < 4.78 is 5.00. The number of urea groups is 1. The van der Waals surface area contributed by atoms with Gasteiger partial charge in [0.05, 0.1) is 6.61 Å². The Balaban J connectivity index is 1.76. The van der Waals surface area contributed by atoms with Crippen molar-refractivity contribution in [3.8, 4) is 0 Å². The van der Waals surface area contributed by atoms with Crippen molar-refractivity contribution in [2.45, 2.75) is 39.7 Å². The number of piperidine rings is 1. The maximum atomic E-state index is 12.7. The highest BCUT2D eigenvalue weighted by Gasteiger charge is 2.32. The summed E-state index contributed by atoms with van der Waals surface area (Å²) in [4.78, 5) is 41.7. The monoisotopic (exact) mass is 354 g/mol. The normalized spacial score (nSPS) is 19.1. The molecule has 0 atom stereocenters. The molecule has 2 aliphatic rings. The summed E-state index contributed by atoms with van der Waals surface area (Å²) in [6.07, 6.45) is 1.09. The van der Waals surface area contributed by atoms with Gasteiger partial charge in [-0.05, 0) is 33.6 Å². The fourth-order valence-electron chi connectivity index (χ4n) is 3.25. The smallest absolute Gasteiger partial charge is 0.409 e. The van der Waals surface area contributed by atoms with Crippen molar-refractivity contribution in [1.29, 1.82) is 0 Å². The third-order valence-electron chi connectivity index (χ3n) is 4.66. The van der Waals surface area contributed by atoms with E-state index in [-0.39, 0.29) is 30.0 Å². The van der Waals surface area contributed by atoms with Crippen LogP contribution in [0.4, 0.5) is 9.59 Å². The molecule has 0 saturated carbocycles. The van der Waals surface area contributed by atoms with Gasteiger partial charge in [-0.1, -0.05) is 0 Å². The Bertz CT molecular complexity index is 481. The molecule has 1 N–H and O–H groups in total. The highest BCUT2D eigenvalue weighted by atomic mass is 16.6. The van der Waals surface area contributed by atoms with Crippen LogP contribution in [0.15, 0.2) is 0 Å². The first kappa shape index (κ1) is 19.3. The minimum Gasteiger partial charge on any atom is -0.450 e. The number of hydrogen-bond acceptors (Lipinski definition) is 4. The highest BCUT2D eigenvalue weighted by molar-refractivity contribution is 5.80. The van der Waals surface area contributed by atoms with Crippen molar-refractivity contribution < 1.29 is 19.1 Å². The molecule has 8 heteroatoms. The standard InChI is InChI=1S/C17H30N4O4/c1-4-25-17(24)21-11-9-19(10-12-21)15(22)14-5-7-20(8-6-14)16(23)18-13(2)3/h13-14H,4-12H2,1-3H3,(H,18,23). The average molecular weight is 354 g/mol. The number of carbonyl (C=O) groups excluding carboxylic acids is 3. The number of likely N-dealkylation sites (tertiary alicyclic amines) is 1. The Morgan fingerprint density at radius 3 is 2.04 bits per heavy atom. The van der Waals surface area contributed by atoms with Crippen molar-refractivity contribution in [1.82, 2.24) is 20.0 Å². The van der Waals surface area contributed by atoms with Gasteiger partial charge in [-0.3, -0.25) is 4.79 Å². The predicted octanol–water partition coefficient (Wildman–Crippen LogP) is 1.12. The van der Waals surface area contributed by atoms with Crippen molar-refractivity contribution >= 4 is 18.0 Å². The van der Waals surface area contributed by atoms with E-state index in [4.69, 9.17) is 4.74 Å². The van der Waals surface area contributed by atoms with Crippen molar-refractivity contribution in [2.24, 2.45) is 5.92 Å². The largest absolute Gasteiger partial charge is 0.450 e. The van der Waals surface area contributed by atoms with Crippen LogP contribution in [-0.4, -0.2) is 84.6 Å². The van der Waals surface area contributed by atoms with Gasteiger partial charge in [-0.25, -0.2) is 9.59 Å². The summed E-state index contributed by atoms with van der Waals surface area (Å²) in [5, 5.41) is 2.89. The molecule has 0 aromatic heterocycles. The first-order valence-electron chi connectivity index (χ1n) is 9.18. The van der Waals surface area contributed by atoms with Gasteiger partial charge in [-0.2, -0.15) is 0 Å². The van der Waals surface area contributed by atoms with E-state index in [1.54, 1.807) is 16.7 Å². The SMILES string of the molecule is CCOC(=O)N1CCN(C(=O)C2CCN(C(=O)NC(C)C)CC2)CC1. The number of piperazine rings is 1. The summed E-state index contributed by atoms with van der Waals surface area (Å²) in [5.41, 5.74) is 0. The van der Waals surface area contributed by atoms with Crippen LogP contribution >= 0.6 is 0 Å². The van der Waals surface area contributed by atoms with Gasteiger partial charge in [0.2, 0.25) is 5.91 Å². The number of hydrogen-bond donors (Lipinski definition) is 1. The van der Waals surface area contributed by atoms with Gasteiger partial charge < -0.3 is 24.8 Å². The van der Waals surface area contributed by atoms with E-state index in [1.165, 1.54) is 0 Å². The van der Waals surface area contributed by atoms with Gasteiger partial charge in [0.25, 0.3) is 0 Å². The van der Waals surface area contributed by atoms with Gasteiger partial charge in [-0.15, -0.1) is 0 Å². The molecule has 8 nitrogen and oxygen atoms in total. The Kier molecular flexibility index (Phi) is 6.90. The van der Waals surface area contributed by atoms with E-state index in [9.17, 15) is 14.4 Å². The molecular weight excluding hydrogens is 324 g/mol. The van der Waals surface area contributed by atoms with Crippen LogP contribution in [0.3, 0.4) is 0 Å². The Hall–Kier alpha value is -1.99. The molecule has 4 amide bonds. The first-order chi connectivity index (χ1) is 11.9. The number of rotatable bonds is 3. The van der Waals surface area contributed by atoms with Gasteiger partial charge >= 0.3 is 12.1 Å². The molecular formula is C17H30N4O4. The van der Waals surface area contributed by atoms with E-state index in [0.717, 1.165) is 0 Å². The molecule has 2 heterocycles. The molecule has 25 heavy (non-hydrogen) atoms. The molecule has 2 aliphatic heterocycles. The molecule has 0 aromatic rings. The maximum absolute atomic E-state index is 12.7. The topological polar surface area (TPSA) is 82.2 Å². The quantitative estimate of drug-likeness (QED) is 0.823. The second kappa shape index (κ2) is 8.92. The van der Waals surface area contributed by atoms with E-state index in [0.29, 0.717) is 58.7 Å². The maximum Gasteiger partial charge on any atom is 0.409 e. The van der Waals surface area contributed by atoms with Crippen LogP contribution in [0.2, 0.25) is 0 Å². The van der Waals surface area contributed by atoms with E-state index in [2.05, 4.69) is 5.32 Å². The highest BCUT2D eigenvalue weighted by Crippen LogP contribution is 2.21. The molecule has 2 rings (SSSR count). The lowest BCUT2D eigenvalue weighted by molar-refractivity contribution is -0.138. The second-order valence-corrected chi connectivity index (χ2v) is 6.88. The summed E-state index contributed by atoms with van der Waals surface area (Å²) in [6, 6.07) is 0.0616. The minimum atomic E-state index is -0.306. The van der Waals surface area contributed by atoms with Gasteiger partial charge in [0.1, 0.15) is 0 Å². The zero-order valence-corrected chi connectivity index (χ0v) is 15.5.